The highest BCUT2D eigenvalue weighted by atomic mass is 16.5. The van der Waals surface area contributed by atoms with Gasteiger partial charge in [-0.3, -0.25) is 0 Å². The van der Waals surface area contributed by atoms with E-state index in [1.54, 1.807) is 7.11 Å². The van der Waals surface area contributed by atoms with Crippen molar-refractivity contribution in [1.82, 2.24) is 10.6 Å². The third-order valence-electron chi connectivity index (χ3n) is 8.45. The van der Waals surface area contributed by atoms with Crippen LogP contribution in [-0.2, 0) is 6.42 Å². The van der Waals surface area contributed by atoms with Crippen molar-refractivity contribution in [3.63, 3.8) is 0 Å². The molecule has 2 aromatic rings. The largest absolute Gasteiger partial charge is 0.495 e. The Morgan fingerprint density at radius 2 is 1.73 bits per heavy atom. The summed E-state index contributed by atoms with van der Waals surface area (Å²) in [5, 5.41) is 10.5. The lowest BCUT2D eigenvalue weighted by Gasteiger charge is -2.27. The highest BCUT2D eigenvalue weighted by molar-refractivity contribution is 5.58. The fraction of sp³-hybridized carbons (Fsp3) is 0.415. The van der Waals surface area contributed by atoms with Crippen molar-refractivity contribution < 1.29 is 4.74 Å². The van der Waals surface area contributed by atoms with Gasteiger partial charge in [-0.2, -0.15) is 0 Å². The van der Waals surface area contributed by atoms with E-state index in [0.29, 0.717) is 17.8 Å². The number of benzene rings is 2. The number of anilines is 1. The maximum absolute atomic E-state index is 5.51. The Labute approximate surface area is 275 Å². The Morgan fingerprint density at radius 3 is 2.38 bits per heavy atom. The molecule has 4 heteroatoms. The molecule has 0 spiro atoms. The average molecular weight is 610 g/mol. The molecule has 244 valence electrons. The van der Waals surface area contributed by atoms with Crippen LogP contribution in [0.5, 0.6) is 5.75 Å². The molecule has 0 saturated carbocycles. The van der Waals surface area contributed by atoms with Crippen molar-refractivity contribution in [2.75, 3.05) is 26.0 Å². The van der Waals surface area contributed by atoms with Gasteiger partial charge in [0.25, 0.3) is 0 Å². The van der Waals surface area contributed by atoms with E-state index in [-0.39, 0.29) is 6.04 Å². The van der Waals surface area contributed by atoms with E-state index in [0.717, 1.165) is 67.9 Å². The van der Waals surface area contributed by atoms with Gasteiger partial charge in [-0.1, -0.05) is 119 Å². The van der Waals surface area contributed by atoms with Crippen molar-refractivity contribution in [3.05, 3.63) is 127 Å². The molecule has 0 fully saturated rings. The number of methoxy groups -OCH3 is 1. The van der Waals surface area contributed by atoms with Crippen molar-refractivity contribution in [2.45, 2.75) is 72.3 Å². The highest BCUT2D eigenvalue weighted by Gasteiger charge is 2.18. The molecule has 0 bridgehead atoms. The number of rotatable bonds is 22. The van der Waals surface area contributed by atoms with Crippen molar-refractivity contribution in [3.8, 4) is 5.75 Å². The summed E-state index contributed by atoms with van der Waals surface area (Å²) in [5.41, 5.74) is 7.70. The van der Waals surface area contributed by atoms with Gasteiger partial charge in [0.05, 0.1) is 18.8 Å². The Morgan fingerprint density at radius 1 is 1.00 bits per heavy atom. The Kier molecular flexibility index (Phi) is 16.7. The number of ether oxygens (including phenoxy) is 1. The predicted octanol–water partition coefficient (Wildman–Crippen LogP) is 10.1. The molecule has 45 heavy (non-hydrogen) atoms. The van der Waals surface area contributed by atoms with Gasteiger partial charge in [-0.05, 0) is 86.1 Å². The van der Waals surface area contributed by atoms with Crippen LogP contribution in [0.25, 0.3) is 6.08 Å². The number of hydrogen-bond acceptors (Lipinski definition) is 4. The molecule has 0 aliphatic heterocycles. The van der Waals surface area contributed by atoms with Crippen molar-refractivity contribution in [2.24, 2.45) is 17.8 Å². The van der Waals surface area contributed by atoms with Crippen LogP contribution in [0.3, 0.4) is 0 Å². The van der Waals surface area contributed by atoms with E-state index in [4.69, 9.17) is 4.74 Å². The zero-order valence-corrected chi connectivity index (χ0v) is 28.9. The topological polar surface area (TPSA) is 45.3 Å². The van der Waals surface area contributed by atoms with Crippen molar-refractivity contribution in [1.29, 1.82) is 0 Å². The van der Waals surface area contributed by atoms with E-state index in [1.165, 1.54) is 22.3 Å². The molecule has 3 N–H and O–H groups in total. The summed E-state index contributed by atoms with van der Waals surface area (Å²) >= 11 is 0. The first-order chi connectivity index (χ1) is 21.6. The van der Waals surface area contributed by atoms with E-state index in [1.807, 2.05) is 19.2 Å². The molecule has 3 unspecified atom stereocenters. The Bertz CT molecular complexity index is 1290. The molecule has 0 heterocycles. The van der Waals surface area contributed by atoms with Crippen LogP contribution in [0.2, 0.25) is 0 Å². The van der Waals surface area contributed by atoms with Crippen LogP contribution >= 0.6 is 0 Å². The molecule has 2 rings (SSSR count). The molecule has 0 aliphatic carbocycles. The number of nitrogens with one attached hydrogen (secondary N) is 3. The van der Waals surface area contributed by atoms with E-state index >= 15 is 0 Å². The zero-order valence-electron chi connectivity index (χ0n) is 28.9. The summed E-state index contributed by atoms with van der Waals surface area (Å²) in [4.78, 5) is 0. The number of allylic oxidation sites excluding steroid dienone is 4. The van der Waals surface area contributed by atoms with Gasteiger partial charge in [-0.25, -0.2) is 0 Å². The van der Waals surface area contributed by atoms with Gasteiger partial charge >= 0.3 is 0 Å². The molecule has 0 aromatic heterocycles. The van der Waals surface area contributed by atoms with Gasteiger partial charge in [0.2, 0.25) is 0 Å². The van der Waals surface area contributed by atoms with Crippen LogP contribution in [0.15, 0.2) is 116 Å². The first-order valence-corrected chi connectivity index (χ1v) is 16.5. The van der Waals surface area contributed by atoms with Gasteiger partial charge < -0.3 is 20.7 Å². The molecular weight excluding hydrogens is 550 g/mol. The smallest absolute Gasteiger partial charge is 0.141 e. The van der Waals surface area contributed by atoms with Crippen LogP contribution < -0.4 is 20.7 Å². The first kappa shape index (κ1) is 37.3. The van der Waals surface area contributed by atoms with Crippen LogP contribution in [0, 0.1) is 17.8 Å². The minimum atomic E-state index is -0.0447. The van der Waals surface area contributed by atoms with Gasteiger partial charge in [0.1, 0.15) is 5.75 Å². The first-order valence-electron chi connectivity index (χ1n) is 16.5. The fourth-order valence-corrected chi connectivity index (χ4v) is 5.31. The lowest BCUT2D eigenvalue weighted by Crippen LogP contribution is -2.38. The molecule has 0 radical (unpaired) electrons. The lowest BCUT2D eigenvalue weighted by atomic mass is 9.86. The van der Waals surface area contributed by atoms with E-state index in [2.05, 4.69) is 131 Å². The van der Waals surface area contributed by atoms with E-state index < -0.39 is 0 Å². The zero-order chi connectivity index (χ0) is 33.2. The third-order valence-corrected chi connectivity index (χ3v) is 8.45. The summed E-state index contributed by atoms with van der Waals surface area (Å²) in [5.74, 6) is 2.14. The average Bonchev–Trinajstić information content (AvgIpc) is 3.04. The van der Waals surface area contributed by atoms with E-state index in [9.17, 15) is 0 Å². The quantitative estimate of drug-likeness (QED) is 0.0918. The second-order valence-electron chi connectivity index (χ2n) is 12.4. The molecule has 0 aliphatic rings. The van der Waals surface area contributed by atoms with Crippen LogP contribution in [-0.4, -0.2) is 26.7 Å². The fourth-order valence-electron chi connectivity index (χ4n) is 5.31. The molecular formula is C41H59N3O. The molecule has 0 amide bonds. The molecule has 4 nitrogen and oxygen atoms in total. The SMILES string of the molecule is C=C(/C=C/CCC(C)/C=C/c1ccccc1)N[C@H](Cc1ccc(OC)c(NC)c1)C(=C)NCC(C)C(=C)CC(CCC)C(=C)C. The lowest BCUT2D eigenvalue weighted by molar-refractivity contribution is 0.416. The minimum absolute atomic E-state index is 0.0447. The van der Waals surface area contributed by atoms with Gasteiger partial charge in [0, 0.05) is 25.0 Å². The summed E-state index contributed by atoms with van der Waals surface area (Å²) < 4.78 is 5.51. The Hall–Kier alpha value is -3.92. The summed E-state index contributed by atoms with van der Waals surface area (Å²) in [6.07, 6.45) is 14.9. The molecule has 2 aromatic carbocycles. The van der Waals surface area contributed by atoms with Gasteiger partial charge in [0.15, 0.2) is 0 Å². The summed E-state index contributed by atoms with van der Waals surface area (Å²) in [7, 11) is 3.61. The summed E-state index contributed by atoms with van der Waals surface area (Å²) in [6.45, 7) is 27.1. The maximum atomic E-state index is 5.51. The maximum Gasteiger partial charge on any atom is 0.141 e. The summed E-state index contributed by atoms with van der Waals surface area (Å²) in [6, 6.07) is 16.7. The Balaban J connectivity index is 2.04. The van der Waals surface area contributed by atoms with Crippen molar-refractivity contribution >= 4 is 11.8 Å². The highest BCUT2D eigenvalue weighted by Crippen LogP contribution is 2.28. The second-order valence-corrected chi connectivity index (χ2v) is 12.4. The normalized spacial score (nSPS) is 14.0. The molecule has 4 atom stereocenters. The number of hydrogen-bond donors (Lipinski definition) is 3. The van der Waals surface area contributed by atoms with Crippen LogP contribution in [0.4, 0.5) is 5.69 Å². The van der Waals surface area contributed by atoms with Gasteiger partial charge in [-0.15, -0.1) is 0 Å². The van der Waals surface area contributed by atoms with Crippen LogP contribution in [0.1, 0.15) is 70.9 Å². The second kappa shape index (κ2) is 20.2. The monoisotopic (exact) mass is 609 g/mol. The predicted molar refractivity (Wildman–Crippen MR) is 199 cm³/mol. The molecule has 0 saturated heterocycles. The standard InChI is InChI=1S/C41H59N3O/c1-11-17-38(30(2)3)26-32(5)33(6)29-43-35(8)39(27-37-24-25-41(45-10)40(28-37)42-9)44-34(7)19-16-15-18-31(4)22-23-36-20-13-12-14-21-36/h12-14,16,19-25,28,31,33,38-39,42-44H,2,5,7-8,11,15,17-18,26-27,29H2,1,3-4,6,9-10H3/b19-16+,23-22+/t31?,33?,38?,39-/m1/s1. The third kappa shape index (κ3) is 13.7. The minimum Gasteiger partial charge on any atom is -0.495 e.